The Morgan fingerprint density at radius 3 is 2.57 bits per heavy atom. The summed E-state index contributed by atoms with van der Waals surface area (Å²) in [6.07, 6.45) is 5.74. The summed E-state index contributed by atoms with van der Waals surface area (Å²) in [4.78, 5) is 60.3. The molecular weight excluding hydrogens is 692 g/mol. The number of hydrogen-bond acceptors (Lipinski definition) is 13. The highest BCUT2D eigenvalue weighted by Crippen LogP contribution is 2.69. The number of ether oxygens (including phenoxy) is 2. The number of aromatic nitrogens is 4. The number of anilines is 1. The lowest BCUT2D eigenvalue weighted by molar-refractivity contribution is -0.252. The molecule has 2 saturated heterocycles. The van der Waals surface area contributed by atoms with E-state index >= 15 is 0 Å². The van der Waals surface area contributed by atoms with Crippen molar-refractivity contribution in [3.05, 3.63) is 25.3 Å². The maximum absolute atomic E-state index is 13.7. The van der Waals surface area contributed by atoms with Gasteiger partial charge in [-0.3, -0.25) is 19.3 Å². The molecule has 54 heavy (non-hydrogen) atoms. The third kappa shape index (κ3) is 6.33. The van der Waals surface area contributed by atoms with Crippen molar-refractivity contribution in [3.8, 4) is 0 Å². The van der Waals surface area contributed by atoms with Gasteiger partial charge in [-0.15, -0.1) is 6.58 Å². The van der Waals surface area contributed by atoms with Gasteiger partial charge in [0.05, 0.1) is 37.8 Å². The Labute approximate surface area is 317 Å². The van der Waals surface area contributed by atoms with Gasteiger partial charge in [0.15, 0.2) is 17.0 Å². The number of Topliss-reactive ketones (excluding diaryl/α,β-unsaturated/α-hetero) is 1. The van der Waals surface area contributed by atoms with E-state index in [2.05, 4.69) is 26.4 Å². The van der Waals surface area contributed by atoms with Crippen molar-refractivity contribution in [2.24, 2.45) is 33.8 Å². The molecule has 2 aromatic rings. The van der Waals surface area contributed by atoms with Crippen molar-refractivity contribution in [2.45, 2.75) is 96.7 Å². The van der Waals surface area contributed by atoms with Crippen LogP contribution in [0.2, 0.25) is 0 Å². The van der Waals surface area contributed by atoms with Gasteiger partial charge in [-0.2, -0.15) is 0 Å². The average Bonchev–Trinajstić information content (AvgIpc) is 3.76. The Balaban J connectivity index is 0.959. The summed E-state index contributed by atoms with van der Waals surface area (Å²) >= 11 is 0. The molecule has 4 N–H and O–H groups in total. The summed E-state index contributed by atoms with van der Waals surface area (Å²) in [6.45, 7) is 16.5. The molecule has 3 saturated carbocycles. The molecule has 4 heterocycles. The van der Waals surface area contributed by atoms with Crippen LogP contribution in [0.1, 0.15) is 66.2 Å². The van der Waals surface area contributed by atoms with Crippen molar-refractivity contribution >= 4 is 34.6 Å². The molecule has 9 unspecified atom stereocenters. The van der Waals surface area contributed by atoms with Crippen molar-refractivity contribution in [1.82, 2.24) is 29.3 Å². The number of amides is 1. The molecule has 7 rings (SSSR count). The number of nitrogens with zero attached hydrogens (tertiary/aromatic N) is 7. The van der Waals surface area contributed by atoms with Gasteiger partial charge in [-0.05, 0) is 43.9 Å². The molecule has 2 aliphatic heterocycles. The molecular formula is C39H58N8O7. The van der Waals surface area contributed by atoms with Crippen LogP contribution in [0.15, 0.2) is 25.3 Å². The fourth-order valence-electron chi connectivity index (χ4n) is 10.8. The number of morpholine rings is 1. The molecule has 9 atom stereocenters. The van der Waals surface area contributed by atoms with Gasteiger partial charge in [-0.25, -0.2) is 15.0 Å². The first-order valence-electron chi connectivity index (χ1n) is 19.7. The number of piperazine rings is 1. The van der Waals surface area contributed by atoms with E-state index in [4.69, 9.17) is 15.2 Å². The second-order valence-corrected chi connectivity index (χ2v) is 17.2. The topological polar surface area (TPSA) is 189 Å². The molecule has 0 aromatic carbocycles. The van der Waals surface area contributed by atoms with Crippen LogP contribution in [-0.2, 0) is 30.4 Å². The summed E-state index contributed by atoms with van der Waals surface area (Å²) in [6, 6.07) is 0. The number of fused-ring (bicyclic) bond motifs is 1. The monoisotopic (exact) mass is 750 g/mol. The quantitative estimate of drug-likeness (QED) is 0.248. The number of carbonyl (C=O) groups excluding carboxylic acids is 3. The van der Waals surface area contributed by atoms with E-state index in [0.717, 1.165) is 5.82 Å². The summed E-state index contributed by atoms with van der Waals surface area (Å²) in [7, 11) is 0. The van der Waals surface area contributed by atoms with Crippen molar-refractivity contribution in [2.75, 3.05) is 63.9 Å². The van der Waals surface area contributed by atoms with Crippen LogP contribution in [0.4, 0.5) is 5.82 Å². The van der Waals surface area contributed by atoms with Gasteiger partial charge >= 0.3 is 5.97 Å². The predicted octanol–water partition coefficient (Wildman–Crippen LogP) is 1.55. The molecule has 296 valence electrons. The standard InChI is InChI=1S/C39H58N8O7/c1-6-36(3)19-28(49)38(5)32-27(48)7-9-39(32,25(2)33(36)52)11-10-37(38,4)54-30(51)22-44-13-15-45(16-14-44)29(50)8-12-47-24-43-31-34(41-23-42-35(31)47)46-17-18-53-26(20-40)21-46/h6,23-26,28,32-33,49,52H,1,7-22,40H2,2-5H3. The van der Waals surface area contributed by atoms with E-state index < -0.39 is 45.9 Å². The summed E-state index contributed by atoms with van der Waals surface area (Å²) < 4.78 is 14.0. The van der Waals surface area contributed by atoms with E-state index in [1.807, 2.05) is 42.1 Å². The normalized spacial score (nSPS) is 37.5. The summed E-state index contributed by atoms with van der Waals surface area (Å²) in [5.74, 6) is -0.315. The van der Waals surface area contributed by atoms with Crippen molar-refractivity contribution in [1.29, 1.82) is 0 Å². The minimum atomic E-state index is -1.10. The van der Waals surface area contributed by atoms with Crippen LogP contribution in [0, 0.1) is 28.1 Å². The SMILES string of the molecule is C=CC1(C)CC(O)C2(C)C3C(=O)CCC3(CCC2(C)OC(=O)CN2CCN(C(=O)CCn3cnc4c(N5CCOC(CN)C5)ncnc43)CC2)C(C)C1O. The fourth-order valence-corrected chi connectivity index (χ4v) is 10.8. The molecule has 0 spiro atoms. The number of aryl methyl sites for hydroxylation is 1. The zero-order chi connectivity index (χ0) is 38.6. The lowest BCUT2D eigenvalue weighted by Gasteiger charge is -2.64. The van der Waals surface area contributed by atoms with Gasteiger partial charge in [0.1, 0.15) is 17.7 Å². The third-order valence-electron chi connectivity index (χ3n) is 14.5. The largest absolute Gasteiger partial charge is 0.458 e. The molecule has 2 aromatic heterocycles. The molecule has 2 bridgehead atoms. The van der Waals surface area contributed by atoms with Crippen molar-refractivity contribution < 1.29 is 34.1 Å². The van der Waals surface area contributed by atoms with Crippen LogP contribution in [0.3, 0.4) is 0 Å². The average molecular weight is 751 g/mol. The Morgan fingerprint density at radius 1 is 1.09 bits per heavy atom. The van der Waals surface area contributed by atoms with E-state index in [1.165, 1.54) is 6.33 Å². The lowest BCUT2D eigenvalue weighted by atomic mass is 9.42. The van der Waals surface area contributed by atoms with Crippen LogP contribution in [0.25, 0.3) is 11.2 Å². The Hall–Kier alpha value is -3.50. The van der Waals surface area contributed by atoms with Gasteiger partial charge in [-0.1, -0.05) is 26.8 Å². The second kappa shape index (κ2) is 14.5. The molecule has 15 nitrogen and oxygen atoms in total. The van der Waals surface area contributed by atoms with Crippen LogP contribution in [0.5, 0.6) is 0 Å². The first-order chi connectivity index (χ1) is 25.7. The second-order valence-electron chi connectivity index (χ2n) is 17.2. The zero-order valence-electron chi connectivity index (χ0n) is 32.3. The first-order valence-corrected chi connectivity index (χ1v) is 19.7. The smallest absolute Gasteiger partial charge is 0.320 e. The summed E-state index contributed by atoms with van der Waals surface area (Å²) in [5.41, 5.74) is 3.77. The number of imidazole rings is 1. The predicted molar refractivity (Wildman–Crippen MR) is 200 cm³/mol. The van der Waals surface area contributed by atoms with Gasteiger partial charge < -0.3 is 39.8 Å². The zero-order valence-corrected chi connectivity index (χ0v) is 32.3. The molecule has 5 fully saturated rings. The van der Waals surface area contributed by atoms with Gasteiger partial charge in [0.25, 0.3) is 0 Å². The highest BCUT2D eigenvalue weighted by molar-refractivity contribution is 5.86. The van der Waals surface area contributed by atoms with Crippen LogP contribution in [-0.4, -0.2) is 140 Å². The molecule has 0 radical (unpaired) electrons. The number of hydrogen-bond donors (Lipinski definition) is 3. The fraction of sp³-hybridized carbons (Fsp3) is 0.744. The Bertz CT molecular complexity index is 1760. The third-order valence-corrected chi connectivity index (χ3v) is 14.5. The van der Waals surface area contributed by atoms with Gasteiger partial charge in [0, 0.05) is 81.9 Å². The maximum Gasteiger partial charge on any atom is 0.320 e. The van der Waals surface area contributed by atoms with Crippen LogP contribution < -0.4 is 10.6 Å². The number of aliphatic hydroxyl groups is 2. The Kier molecular flexibility index (Phi) is 10.4. The Morgan fingerprint density at radius 2 is 1.85 bits per heavy atom. The van der Waals surface area contributed by atoms with E-state index in [0.29, 0.717) is 95.8 Å². The maximum atomic E-state index is 13.7. The minimum Gasteiger partial charge on any atom is -0.458 e. The number of aliphatic hydroxyl groups excluding tert-OH is 2. The molecule has 1 amide bonds. The molecule has 3 aliphatic carbocycles. The molecule has 15 heteroatoms. The first kappa shape index (κ1) is 38.8. The number of ketones is 1. The van der Waals surface area contributed by atoms with E-state index in [1.54, 1.807) is 12.4 Å². The summed E-state index contributed by atoms with van der Waals surface area (Å²) in [5, 5.41) is 23.6. The van der Waals surface area contributed by atoms with Gasteiger partial charge in [0.2, 0.25) is 5.91 Å². The molecule has 5 aliphatic rings. The highest BCUT2D eigenvalue weighted by Gasteiger charge is 2.72. The van der Waals surface area contributed by atoms with E-state index in [-0.39, 0.29) is 43.1 Å². The number of rotatable bonds is 9. The number of nitrogens with two attached hydrogens (primary N) is 1. The van der Waals surface area contributed by atoms with E-state index in [9.17, 15) is 24.6 Å². The lowest BCUT2D eigenvalue weighted by Crippen LogP contribution is -2.69. The van der Waals surface area contributed by atoms with Crippen LogP contribution >= 0.6 is 0 Å². The number of esters is 1. The highest BCUT2D eigenvalue weighted by atomic mass is 16.6. The minimum absolute atomic E-state index is 0.0174. The number of carbonyl (C=O) groups is 3. The van der Waals surface area contributed by atoms with Crippen molar-refractivity contribution in [3.63, 3.8) is 0 Å².